The molecule has 0 bridgehead atoms. The maximum Gasteiger partial charge on any atom is 0.0725 e. The van der Waals surface area contributed by atoms with Crippen molar-refractivity contribution >= 4 is 23.5 Å². The molecule has 1 aromatic rings. The molecule has 0 radical (unpaired) electrons. The summed E-state index contributed by atoms with van der Waals surface area (Å²) in [4.78, 5) is 0. The molecule has 3 rings (SSSR count). The topological polar surface area (TPSA) is 38.0 Å². The highest BCUT2D eigenvalue weighted by Crippen LogP contribution is 2.36. The van der Waals surface area contributed by atoms with E-state index in [-0.39, 0.29) is 6.10 Å². The zero-order valence-electron chi connectivity index (χ0n) is 12.8. The fraction of sp³-hybridized carbons (Fsp3) is 0.812. The molecule has 1 N–H and O–H groups in total. The number of aromatic nitrogens is 2. The van der Waals surface area contributed by atoms with Gasteiger partial charge in [-0.25, -0.2) is 0 Å². The summed E-state index contributed by atoms with van der Waals surface area (Å²) in [6, 6.07) is 2.70. The molecule has 0 aromatic carbocycles. The Morgan fingerprint density at radius 3 is 2.86 bits per heavy atom. The van der Waals surface area contributed by atoms with Gasteiger partial charge in [0.25, 0.3) is 0 Å². The first-order valence-corrected chi connectivity index (χ1v) is 10.3. The average molecular weight is 327 g/mol. The van der Waals surface area contributed by atoms with Crippen molar-refractivity contribution in [1.29, 1.82) is 0 Å². The maximum atomic E-state index is 10.6. The first-order valence-electron chi connectivity index (χ1n) is 8.23. The summed E-state index contributed by atoms with van der Waals surface area (Å²) >= 11 is 3.98. The molecule has 2 heterocycles. The summed E-state index contributed by atoms with van der Waals surface area (Å²) in [5.74, 6) is 2.39. The normalized spacial score (nSPS) is 28.9. The number of aliphatic hydroxyl groups excluding tert-OH is 1. The van der Waals surface area contributed by atoms with Gasteiger partial charge in [0.1, 0.15) is 0 Å². The van der Waals surface area contributed by atoms with Crippen LogP contribution in [0.2, 0.25) is 0 Å². The quantitative estimate of drug-likeness (QED) is 0.898. The standard InChI is InChI=1S/C16H26N2OS2/c1-2-15-16(21-10-9-20-15)14(19)11-12-7-8-18(17-12)13-5-3-4-6-13/h7-8,13-16,19H,2-6,9-11H2,1H3. The predicted octanol–water partition coefficient (Wildman–Crippen LogP) is 3.53. The van der Waals surface area contributed by atoms with Gasteiger partial charge in [-0.1, -0.05) is 19.8 Å². The molecule has 2 fully saturated rings. The Hall–Kier alpha value is -0.130. The van der Waals surface area contributed by atoms with E-state index in [9.17, 15) is 5.11 Å². The molecule has 2 aliphatic rings. The Kier molecular flexibility index (Phi) is 5.57. The number of aliphatic hydroxyl groups is 1. The second-order valence-electron chi connectivity index (χ2n) is 6.15. The summed E-state index contributed by atoms with van der Waals surface area (Å²) in [7, 11) is 0. The van der Waals surface area contributed by atoms with Gasteiger partial charge in [0.05, 0.1) is 17.8 Å². The lowest BCUT2D eigenvalue weighted by molar-refractivity contribution is 0.168. The SMILES string of the molecule is CCC1SCCSC1C(O)Cc1ccn(C2CCCC2)n1. The Morgan fingerprint density at radius 1 is 1.33 bits per heavy atom. The highest BCUT2D eigenvalue weighted by atomic mass is 32.2. The minimum absolute atomic E-state index is 0.264. The van der Waals surface area contributed by atoms with Gasteiger partial charge in [-0.3, -0.25) is 4.68 Å². The van der Waals surface area contributed by atoms with Crippen LogP contribution < -0.4 is 0 Å². The van der Waals surface area contributed by atoms with Gasteiger partial charge in [0, 0.05) is 34.6 Å². The third kappa shape index (κ3) is 3.80. The van der Waals surface area contributed by atoms with Crippen molar-refractivity contribution in [3.63, 3.8) is 0 Å². The van der Waals surface area contributed by atoms with Gasteiger partial charge in [-0.15, -0.1) is 0 Å². The van der Waals surface area contributed by atoms with Gasteiger partial charge in [0.15, 0.2) is 0 Å². The smallest absolute Gasteiger partial charge is 0.0725 e. The summed E-state index contributed by atoms with van der Waals surface area (Å²) in [6.07, 6.45) is 8.88. The lowest BCUT2D eigenvalue weighted by Crippen LogP contribution is -2.37. The first kappa shape index (κ1) is 15.8. The van der Waals surface area contributed by atoms with Crippen LogP contribution in [0.1, 0.15) is 50.8 Å². The van der Waals surface area contributed by atoms with E-state index in [1.165, 1.54) is 37.2 Å². The van der Waals surface area contributed by atoms with E-state index in [1.807, 2.05) is 23.5 Å². The van der Waals surface area contributed by atoms with E-state index in [0.717, 1.165) is 12.1 Å². The van der Waals surface area contributed by atoms with Gasteiger partial charge in [-0.05, 0) is 25.3 Å². The van der Waals surface area contributed by atoms with E-state index in [1.54, 1.807) is 0 Å². The van der Waals surface area contributed by atoms with Crippen molar-refractivity contribution in [2.45, 2.75) is 68.1 Å². The lowest BCUT2D eigenvalue weighted by Gasteiger charge is -2.33. The molecule has 1 saturated carbocycles. The maximum absolute atomic E-state index is 10.6. The number of rotatable bonds is 5. The summed E-state index contributed by atoms with van der Waals surface area (Å²) in [5, 5.41) is 16.3. The molecule has 1 aliphatic carbocycles. The molecule has 3 unspecified atom stereocenters. The molecule has 118 valence electrons. The largest absolute Gasteiger partial charge is 0.392 e. The van der Waals surface area contributed by atoms with Crippen LogP contribution in [0.3, 0.4) is 0 Å². The van der Waals surface area contributed by atoms with E-state index < -0.39 is 0 Å². The number of hydrogen-bond acceptors (Lipinski definition) is 4. The minimum atomic E-state index is -0.264. The van der Waals surface area contributed by atoms with Crippen LogP contribution in [0.5, 0.6) is 0 Å². The average Bonchev–Trinajstić information content (AvgIpc) is 3.17. The first-order chi connectivity index (χ1) is 10.3. The Labute approximate surface area is 136 Å². The van der Waals surface area contributed by atoms with Gasteiger partial charge in [0.2, 0.25) is 0 Å². The second kappa shape index (κ2) is 7.42. The Morgan fingerprint density at radius 2 is 2.10 bits per heavy atom. The zero-order valence-corrected chi connectivity index (χ0v) is 14.4. The monoisotopic (exact) mass is 326 g/mol. The van der Waals surface area contributed by atoms with Gasteiger partial charge < -0.3 is 5.11 Å². The number of thioether (sulfide) groups is 2. The molecular formula is C16H26N2OS2. The van der Waals surface area contributed by atoms with E-state index in [4.69, 9.17) is 5.10 Å². The molecule has 3 nitrogen and oxygen atoms in total. The highest BCUT2D eigenvalue weighted by Gasteiger charge is 2.31. The third-order valence-corrected chi connectivity index (χ3v) is 8.05. The van der Waals surface area contributed by atoms with Gasteiger partial charge in [-0.2, -0.15) is 28.6 Å². The molecule has 21 heavy (non-hydrogen) atoms. The molecule has 5 heteroatoms. The zero-order chi connectivity index (χ0) is 14.7. The second-order valence-corrected chi connectivity index (χ2v) is 8.78. The lowest BCUT2D eigenvalue weighted by atomic mass is 10.1. The number of nitrogens with zero attached hydrogens (tertiary/aromatic N) is 2. The molecule has 3 atom stereocenters. The molecule has 1 aliphatic heterocycles. The van der Waals surface area contributed by atoms with Gasteiger partial charge >= 0.3 is 0 Å². The molecule has 1 saturated heterocycles. The van der Waals surface area contributed by atoms with Crippen molar-refractivity contribution in [3.05, 3.63) is 18.0 Å². The third-order valence-electron chi connectivity index (χ3n) is 4.65. The van der Waals surface area contributed by atoms with E-state index >= 15 is 0 Å². The fourth-order valence-electron chi connectivity index (χ4n) is 3.48. The van der Waals surface area contributed by atoms with Crippen LogP contribution in [0, 0.1) is 0 Å². The fourth-order valence-corrected chi connectivity index (χ4v) is 6.63. The van der Waals surface area contributed by atoms with Crippen molar-refractivity contribution in [3.8, 4) is 0 Å². The number of hydrogen-bond donors (Lipinski definition) is 1. The predicted molar refractivity (Wildman–Crippen MR) is 92.2 cm³/mol. The van der Waals surface area contributed by atoms with Crippen LogP contribution in [0.25, 0.3) is 0 Å². The molecule has 1 aromatic heterocycles. The Balaban J connectivity index is 1.60. The van der Waals surface area contributed by atoms with E-state index in [0.29, 0.717) is 23.0 Å². The van der Waals surface area contributed by atoms with Crippen molar-refractivity contribution < 1.29 is 5.11 Å². The molecule has 0 spiro atoms. The van der Waals surface area contributed by atoms with E-state index in [2.05, 4.69) is 23.9 Å². The van der Waals surface area contributed by atoms with Crippen molar-refractivity contribution in [1.82, 2.24) is 9.78 Å². The minimum Gasteiger partial charge on any atom is -0.392 e. The molecular weight excluding hydrogens is 300 g/mol. The van der Waals surface area contributed by atoms with Crippen LogP contribution in [-0.4, -0.2) is 43.0 Å². The van der Waals surface area contributed by atoms with Crippen LogP contribution >= 0.6 is 23.5 Å². The summed E-state index contributed by atoms with van der Waals surface area (Å²) in [6.45, 7) is 2.23. The van der Waals surface area contributed by atoms with Crippen LogP contribution in [-0.2, 0) is 6.42 Å². The molecule has 0 amide bonds. The summed E-state index contributed by atoms with van der Waals surface area (Å²) < 4.78 is 2.13. The van der Waals surface area contributed by atoms with Crippen LogP contribution in [0.4, 0.5) is 0 Å². The van der Waals surface area contributed by atoms with Crippen LogP contribution in [0.15, 0.2) is 12.3 Å². The highest BCUT2D eigenvalue weighted by molar-refractivity contribution is 8.07. The summed E-state index contributed by atoms with van der Waals surface area (Å²) in [5.41, 5.74) is 1.06. The Bertz CT molecular complexity index is 445. The van der Waals surface area contributed by atoms with Crippen molar-refractivity contribution in [2.75, 3.05) is 11.5 Å². The van der Waals surface area contributed by atoms with Crippen molar-refractivity contribution in [2.24, 2.45) is 0 Å².